The number of amides is 1. The van der Waals surface area contributed by atoms with Crippen molar-refractivity contribution < 1.29 is 9.18 Å². The van der Waals surface area contributed by atoms with Crippen LogP contribution in [0.3, 0.4) is 0 Å². The molecule has 2 heterocycles. The first kappa shape index (κ1) is 19.1. The normalized spacial score (nSPS) is 12.4. The summed E-state index contributed by atoms with van der Waals surface area (Å²) in [5.41, 5.74) is 5.58. The number of nitrogens with one attached hydrogen (secondary N) is 1. The third kappa shape index (κ3) is 3.70. The third-order valence-corrected chi connectivity index (χ3v) is 5.37. The van der Waals surface area contributed by atoms with Crippen LogP contribution in [-0.4, -0.2) is 20.5 Å². The molecule has 5 nitrogen and oxygen atoms in total. The summed E-state index contributed by atoms with van der Waals surface area (Å²) in [5, 5.41) is 8.67. The maximum atomic E-state index is 13.1. The second-order valence-corrected chi connectivity index (χ2v) is 7.35. The second kappa shape index (κ2) is 7.62. The van der Waals surface area contributed by atoms with E-state index < -0.39 is 0 Å². The van der Waals surface area contributed by atoms with Crippen LogP contribution in [0.2, 0.25) is 0 Å². The number of carbonyl (C=O) groups is 1. The first-order chi connectivity index (χ1) is 13.9. The van der Waals surface area contributed by atoms with E-state index in [1.807, 2.05) is 49.6 Å². The minimum atomic E-state index is -0.285. The summed E-state index contributed by atoms with van der Waals surface area (Å²) in [5.74, 6) is -0.334. The van der Waals surface area contributed by atoms with Crippen molar-refractivity contribution in [2.24, 2.45) is 0 Å². The Hall–Kier alpha value is -3.28. The van der Waals surface area contributed by atoms with Crippen LogP contribution in [0.25, 0.3) is 16.6 Å². The highest BCUT2D eigenvalue weighted by molar-refractivity contribution is 5.92. The van der Waals surface area contributed by atoms with Crippen LogP contribution in [0, 0.1) is 19.7 Å². The van der Waals surface area contributed by atoms with E-state index in [1.54, 1.807) is 12.1 Å². The van der Waals surface area contributed by atoms with E-state index in [-0.39, 0.29) is 17.8 Å². The molecule has 0 saturated heterocycles. The fraction of sp³-hybridized carbons (Fsp3) is 0.261. The maximum Gasteiger partial charge on any atom is 0.220 e. The zero-order valence-corrected chi connectivity index (χ0v) is 16.7. The zero-order valence-electron chi connectivity index (χ0n) is 16.7. The first-order valence-corrected chi connectivity index (χ1v) is 9.72. The smallest absolute Gasteiger partial charge is 0.220 e. The van der Waals surface area contributed by atoms with E-state index in [1.165, 1.54) is 12.1 Å². The van der Waals surface area contributed by atoms with Gasteiger partial charge in [0.05, 0.1) is 11.6 Å². The average Bonchev–Trinajstić information content (AvgIpc) is 3.07. The summed E-state index contributed by atoms with van der Waals surface area (Å²) < 4.78 is 14.9. The van der Waals surface area contributed by atoms with Crippen LogP contribution in [0.5, 0.6) is 0 Å². The highest BCUT2D eigenvalue weighted by Gasteiger charge is 2.16. The number of benzene rings is 2. The monoisotopic (exact) mass is 390 g/mol. The average molecular weight is 390 g/mol. The van der Waals surface area contributed by atoms with Gasteiger partial charge >= 0.3 is 0 Å². The first-order valence-electron chi connectivity index (χ1n) is 9.72. The van der Waals surface area contributed by atoms with E-state index in [4.69, 9.17) is 4.98 Å². The third-order valence-electron chi connectivity index (χ3n) is 5.37. The van der Waals surface area contributed by atoms with Crippen molar-refractivity contribution in [3.8, 4) is 0 Å². The predicted octanol–water partition coefficient (Wildman–Crippen LogP) is 4.45. The van der Waals surface area contributed by atoms with Crippen molar-refractivity contribution in [3.63, 3.8) is 0 Å². The van der Waals surface area contributed by atoms with Gasteiger partial charge in [-0.25, -0.2) is 13.9 Å². The van der Waals surface area contributed by atoms with E-state index in [2.05, 4.69) is 10.4 Å². The van der Waals surface area contributed by atoms with E-state index in [0.29, 0.717) is 12.8 Å². The van der Waals surface area contributed by atoms with E-state index in [0.717, 1.165) is 39.1 Å². The second-order valence-electron chi connectivity index (χ2n) is 7.35. The Morgan fingerprint density at radius 2 is 1.86 bits per heavy atom. The van der Waals surface area contributed by atoms with Gasteiger partial charge in [0.25, 0.3) is 0 Å². The van der Waals surface area contributed by atoms with E-state index in [9.17, 15) is 9.18 Å². The lowest BCUT2D eigenvalue weighted by atomic mass is 10.0. The lowest BCUT2D eigenvalue weighted by Crippen LogP contribution is -2.27. The summed E-state index contributed by atoms with van der Waals surface area (Å²) in [7, 11) is 0. The Morgan fingerprint density at radius 1 is 1.14 bits per heavy atom. The van der Waals surface area contributed by atoms with Gasteiger partial charge in [0.15, 0.2) is 5.65 Å². The van der Waals surface area contributed by atoms with Crippen molar-refractivity contribution in [3.05, 3.63) is 76.9 Å². The maximum absolute atomic E-state index is 13.1. The molecule has 148 valence electrons. The van der Waals surface area contributed by atoms with Crippen molar-refractivity contribution in [1.29, 1.82) is 0 Å². The molecule has 29 heavy (non-hydrogen) atoms. The standard InChI is InChI=1S/C23H23FN4O/c1-14(17-8-10-18(24)11-9-17)25-22(29)13-12-19-15(2)26-23-20-6-4-5-7-21(20)27-28(23)16(19)3/h4-11,14H,12-13H2,1-3H3,(H,25,29)/t14-/m0/s1. The quantitative estimate of drug-likeness (QED) is 0.548. The molecule has 4 rings (SSSR count). The van der Waals surface area contributed by atoms with Gasteiger partial charge in [0.2, 0.25) is 5.91 Å². The number of halogens is 1. The fourth-order valence-electron chi connectivity index (χ4n) is 3.73. The zero-order chi connectivity index (χ0) is 20.5. The molecule has 1 atom stereocenters. The molecule has 0 aliphatic heterocycles. The largest absolute Gasteiger partial charge is 0.350 e. The van der Waals surface area contributed by atoms with Crippen molar-refractivity contribution in [2.45, 2.75) is 39.7 Å². The van der Waals surface area contributed by atoms with Gasteiger partial charge < -0.3 is 5.32 Å². The number of hydrogen-bond donors (Lipinski definition) is 1. The molecule has 0 saturated carbocycles. The highest BCUT2D eigenvalue weighted by Crippen LogP contribution is 2.23. The number of rotatable bonds is 5. The number of aromatic nitrogens is 3. The lowest BCUT2D eigenvalue weighted by Gasteiger charge is -2.15. The summed E-state index contributed by atoms with van der Waals surface area (Å²) in [6, 6.07) is 13.9. The number of aryl methyl sites for hydroxylation is 2. The minimum Gasteiger partial charge on any atom is -0.350 e. The Morgan fingerprint density at radius 3 is 2.62 bits per heavy atom. The molecule has 0 radical (unpaired) electrons. The Labute approximate surface area is 168 Å². The van der Waals surface area contributed by atoms with E-state index >= 15 is 0 Å². The molecular weight excluding hydrogens is 367 g/mol. The predicted molar refractivity (Wildman–Crippen MR) is 111 cm³/mol. The topological polar surface area (TPSA) is 59.3 Å². The summed E-state index contributed by atoms with van der Waals surface area (Å²) in [6.45, 7) is 5.88. The SMILES string of the molecule is Cc1nc2c3ccccc3nn2c(C)c1CCC(=O)N[C@@H](C)c1ccc(F)cc1. The molecule has 4 aromatic rings. The molecular formula is C23H23FN4O. The van der Waals surface area contributed by atoms with Gasteiger partial charge in [-0.3, -0.25) is 4.79 Å². The lowest BCUT2D eigenvalue weighted by molar-refractivity contribution is -0.121. The summed E-state index contributed by atoms with van der Waals surface area (Å²) >= 11 is 0. The van der Waals surface area contributed by atoms with Crippen LogP contribution < -0.4 is 5.32 Å². The molecule has 2 aromatic carbocycles. The number of nitrogens with zero attached hydrogens (tertiary/aromatic N) is 3. The van der Waals surface area contributed by atoms with Crippen molar-refractivity contribution in [2.75, 3.05) is 0 Å². The number of hydrogen-bond acceptors (Lipinski definition) is 3. The Balaban J connectivity index is 1.51. The van der Waals surface area contributed by atoms with Gasteiger partial charge in [-0.15, -0.1) is 0 Å². The van der Waals surface area contributed by atoms with Crippen molar-refractivity contribution >= 4 is 22.5 Å². The van der Waals surface area contributed by atoms with Crippen LogP contribution in [0.15, 0.2) is 48.5 Å². The van der Waals surface area contributed by atoms with Gasteiger partial charge in [-0.2, -0.15) is 5.10 Å². The Kier molecular flexibility index (Phi) is 5.01. The van der Waals surface area contributed by atoms with Gasteiger partial charge in [0, 0.05) is 23.2 Å². The van der Waals surface area contributed by atoms with Gasteiger partial charge in [-0.1, -0.05) is 24.3 Å². The van der Waals surface area contributed by atoms with Gasteiger partial charge in [-0.05, 0) is 62.6 Å². The van der Waals surface area contributed by atoms with Gasteiger partial charge in [0.1, 0.15) is 5.82 Å². The molecule has 1 N–H and O–H groups in total. The fourth-order valence-corrected chi connectivity index (χ4v) is 3.73. The van der Waals surface area contributed by atoms with Crippen LogP contribution in [0.4, 0.5) is 4.39 Å². The molecule has 0 spiro atoms. The molecule has 0 aliphatic carbocycles. The van der Waals surface area contributed by atoms with Crippen LogP contribution in [0.1, 0.15) is 41.9 Å². The Bertz CT molecular complexity index is 1200. The molecule has 0 fully saturated rings. The summed E-state index contributed by atoms with van der Waals surface area (Å²) in [4.78, 5) is 17.2. The van der Waals surface area contributed by atoms with Crippen LogP contribution in [-0.2, 0) is 11.2 Å². The van der Waals surface area contributed by atoms with Crippen molar-refractivity contribution in [1.82, 2.24) is 19.9 Å². The minimum absolute atomic E-state index is 0.0497. The number of carbonyl (C=O) groups excluding carboxylic acids is 1. The summed E-state index contributed by atoms with van der Waals surface area (Å²) in [6.07, 6.45) is 0.931. The molecule has 0 bridgehead atoms. The highest BCUT2D eigenvalue weighted by atomic mass is 19.1. The van der Waals surface area contributed by atoms with Crippen LogP contribution >= 0.6 is 0 Å². The molecule has 2 aromatic heterocycles. The molecule has 0 aliphatic rings. The molecule has 0 unspecified atom stereocenters. The molecule has 1 amide bonds. The number of fused-ring (bicyclic) bond motifs is 3. The molecule has 6 heteroatoms.